The van der Waals surface area contributed by atoms with Gasteiger partial charge in [-0.15, -0.1) is 5.10 Å². The number of allylic oxidation sites excluding steroid dienone is 1. The molecule has 0 spiro atoms. The Labute approximate surface area is 135 Å². The average molecular weight is 343 g/mol. The molecule has 0 N–H and O–H groups in total. The lowest BCUT2D eigenvalue weighted by atomic mass is 9.95. The quantitative estimate of drug-likeness (QED) is 0.830. The molecule has 3 heterocycles. The summed E-state index contributed by atoms with van der Waals surface area (Å²) in [6, 6.07) is 0. The van der Waals surface area contributed by atoms with Crippen molar-refractivity contribution < 1.29 is 13.2 Å². The Balaban J connectivity index is 1.68. The lowest BCUT2D eigenvalue weighted by Crippen LogP contribution is -2.40. The van der Waals surface area contributed by atoms with E-state index >= 15 is 0 Å². The summed E-state index contributed by atoms with van der Waals surface area (Å²) < 4.78 is 33.5. The first kappa shape index (κ1) is 15.9. The Kier molecular flexibility index (Phi) is 4.79. The Morgan fingerprint density at radius 2 is 2.32 bits per heavy atom. The van der Waals surface area contributed by atoms with Crippen LogP contribution in [0, 0.1) is 0 Å². The molecule has 0 aliphatic carbocycles. The molecule has 1 fully saturated rings. The third-order valence-electron chi connectivity index (χ3n) is 4.19. The van der Waals surface area contributed by atoms with Crippen LogP contribution in [-0.2, 0) is 14.6 Å². The molecule has 0 saturated carbocycles. The van der Waals surface area contributed by atoms with Crippen LogP contribution >= 0.6 is 11.5 Å². The second-order valence-corrected chi connectivity index (χ2v) is 8.99. The van der Waals surface area contributed by atoms with Gasteiger partial charge < -0.3 is 4.74 Å². The third-order valence-corrected chi connectivity index (χ3v) is 6.75. The summed E-state index contributed by atoms with van der Waals surface area (Å²) in [7, 11) is -3.24. The molecule has 1 aromatic rings. The van der Waals surface area contributed by atoms with Gasteiger partial charge in [-0.3, -0.25) is 4.90 Å². The van der Waals surface area contributed by atoms with Crippen molar-refractivity contribution in [1.82, 2.24) is 14.5 Å². The van der Waals surface area contributed by atoms with E-state index in [0.29, 0.717) is 9.90 Å². The van der Waals surface area contributed by atoms with E-state index < -0.39 is 9.84 Å². The summed E-state index contributed by atoms with van der Waals surface area (Å²) in [5.74, 6) is 0.149. The van der Waals surface area contributed by atoms with E-state index in [9.17, 15) is 8.42 Å². The van der Waals surface area contributed by atoms with Gasteiger partial charge in [0.15, 0.2) is 14.0 Å². The largest absolute Gasteiger partial charge is 0.497 e. The fraction of sp³-hybridized carbons (Fsp3) is 0.714. The topological polar surface area (TPSA) is 72.4 Å². The maximum absolute atomic E-state index is 11.8. The summed E-state index contributed by atoms with van der Waals surface area (Å²) in [5, 5.41) is 4.11. The van der Waals surface area contributed by atoms with Crippen LogP contribution in [0.5, 0.6) is 0 Å². The highest BCUT2D eigenvalue weighted by Gasteiger charge is 2.30. The molecule has 0 aromatic carbocycles. The van der Waals surface area contributed by atoms with Gasteiger partial charge in [0.2, 0.25) is 0 Å². The SMILES string of the molecule is CS(=O)(=O)c1snnc1C1CCCN(CC2CCC=CO2)C1. The average Bonchev–Trinajstić information content (AvgIpc) is 2.98. The molecule has 0 bridgehead atoms. The highest BCUT2D eigenvalue weighted by Crippen LogP contribution is 2.32. The van der Waals surface area contributed by atoms with Crippen LogP contribution in [-0.4, -0.2) is 54.9 Å². The molecule has 1 saturated heterocycles. The predicted octanol–water partition coefficient (Wildman–Crippen LogP) is 1.81. The van der Waals surface area contributed by atoms with Gasteiger partial charge in [-0.05, 0) is 38.3 Å². The standard InChI is InChI=1S/C14H21N3O3S2/c1-22(18,19)14-13(15-16-21-14)11-5-4-7-17(9-11)10-12-6-2-3-8-20-12/h3,8,11-12H,2,4-7,9-10H2,1H3. The number of ether oxygens (including phenoxy) is 1. The zero-order valence-electron chi connectivity index (χ0n) is 12.6. The van der Waals surface area contributed by atoms with Crippen LogP contribution in [0.15, 0.2) is 16.5 Å². The van der Waals surface area contributed by atoms with Crippen LogP contribution in [0.4, 0.5) is 0 Å². The number of nitrogens with zero attached hydrogens (tertiary/aromatic N) is 3. The fourth-order valence-corrected chi connectivity index (χ4v) is 4.88. The summed E-state index contributed by atoms with van der Waals surface area (Å²) in [6.07, 6.45) is 9.45. The van der Waals surface area contributed by atoms with Crippen molar-refractivity contribution in [1.29, 1.82) is 0 Å². The first-order chi connectivity index (χ1) is 10.5. The lowest BCUT2D eigenvalue weighted by molar-refractivity contribution is 0.0669. The van der Waals surface area contributed by atoms with E-state index in [-0.39, 0.29) is 12.0 Å². The molecule has 6 nitrogen and oxygen atoms in total. The van der Waals surface area contributed by atoms with Gasteiger partial charge in [-0.25, -0.2) is 8.42 Å². The van der Waals surface area contributed by atoms with Gasteiger partial charge in [0.1, 0.15) is 6.10 Å². The van der Waals surface area contributed by atoms with E-state index in [1.807, 2.05) is 0 Å². The Hall–Kier alpha value is -0.990. The van der Waals surface area contributed by atoms with Crippen molar-refractivity contribution in [2.24, 2.45) is 0 Å². The number of likely N-dealkylation sites (tertiary alicyclic amines) is 1. The molecule has 3 rings (SSSR count). The molecule has 0 amide bonds. The highest BCUT2D eigenvalue weighted by molar-refractivity contribution is 7.92. The molecular formula is C14H21N3O3S2. The normalized spacial score (nSPS) is 26.8. The van der Waals surface area contributed by atoms with Crippen molar-refractivity contribution in [3.8, 4) is 0 Å². The van der Waals surface area contributed by atoms with Crippen LogP contribution in [0.1, 0.15) is 37.3 Å². The van der Waals surface area contributed by atoms with Crippen LogP contribution in [0.25, 0.3) is 0 Å². The monoisotopic (exact) mass is 343 g/mol. The number of sulfone groups is 1. The second-order valence-electron chi connectivity index (χ2n) is 6.02. The van der Waals surface area contributed by atoms with Crippen molar-refractivity contribution in [3.05, 3.63) is 18.0 Å². The van der Waals surface area contributed by atoms with E-state index in [1.54, 1.807) is 6.26 Å². The predicted molar refractivity (Wildman–Crippen MR) is 84.7 cm³/mol. The van der Waals surface area contributed by atoms with E-state index in [4.69, 9.17) is 4.74 Å². The van der Waals surface area contributed by atoms with Crippen molar-refractivity contribution >= 4 is 21.4 Å². The molecule has 22 heavy (non-hydrogen) atoms. The maximum atomic E-state index is 11.8. The summed E-state index contributed by atoms with van der Waals surface area (Å²) >= 11 is 0.986. The Morgan fingerprint density at radius 3 is 3.05 bits per heavy atom. The third kappa shape index (κ3) is 3.67. The van der Waals surface area contributed by atoms with Crippen molar-refractivity contribution in [2.75, 3.05) is 25.9 Å². The van der Waals surface area contributed by atoms with E-state index in [1.165, 1.54) is 6.26 Å². The molecule has 1 aromatic heterocycles. The molecule has 8 heteroatoms. The first-order valence-electron chi connectivity index (χ1n) is 7.59. The fourth-order valence-electron chi connectivity index (χ4n) is 3.15. The van der Waals surface area contributed by atoms with Gasteiger partial charge in [-0.2, -0.15) is 0 Å². The summed E-state index contributed by atoms with van der Waals surface area (Å²) in [5.41, 5.74) is 0.654. The Morgan fingerprint density at radius 1 is 1.45 bits per heavy atom. The van der Waals surface area contributed by atoms with Crippen molar-refractivity contribution in [3.63, 3.8) is 0 Å². The maximum Gasteiger partial charge on any atom is 0.188 e. The Bertz CT molecular complexity index is 642. The smallest absolute Gasteiger partial charge is 0.188 e. The summed E-state index contributed by atoms with van der Waals surface area (Å²) in [6.45, 7) is 2.76. The highest BCUT2D eigenvalue weighted by atomic mass is 32.2. The van der Waals surface area contributed by atoms with Gasteiger partial charge in [-0.1, -0.05) is 4.49 Å². The van der Waals surface area contributed by atoms with E-state index in [2.05, 4.69) is 20.6 Å². The van der Waals surface area contributed by atoms with Crippen LogP contribution in [0.3, 0.4) is 0 Å². The zero-order chi connectivity index (χ0) is 15.6. The van der Waals surface area contributed by atoms with Crippen molar-refractivity contribution in [2.45, 2.75) is 41.9 Å². The number of rotatable bonds is 4. The van der Waals surface area contributed by atoms with E-state index in [0.717, 1.165) is 56.9 Å². The molecule has 0 radical (unpaired) electrons. The van der Waals surface area contributed by atoms with Crippen LogP contribution in [0.2, 0.25) is 0 Å². The number of aromatic nitrogens is 2. The molecule has 2 aliphatic heterocycles. The molecular weight excluding hydrogens is 322 g/mol. The molecule has 2 aliphatic rings. The molecule has 122 valence electrons. The van der Waals surface area contributed by atoms with Gasteiger partial charge in [0, 0.05) is 36.8 Å². The van der Waals surface area contributed by atoms with Gasteiger partial charge >= 0.3 is 0 Å². The van der Waals surface area contributed by atoms with Gasteiger partial charge in [0.05, 0.1) is 12.0 Å². The van der Waals surface area contributed by atoms with Crippen LogP contribution < -0.4 is 0 Å². The first-order valence-corrected chi connectivity index (χ1v) is 10.3. The number of hydrogen-bond acceptors (Lipinski definition) is 7. The number of piperidine rings is 1. The minimum absolute atomic E-state index is 0.149. The minimum Gasteiger partial charge on any atom is -0.497 e. The summed E-state index contributed by atoms with van der Waals surface area (Å²) in [4.78, 5) is 2.36. The van der Waals surface area contributed by atoms with Gasteiger partial charge in [0.25, 0.3) is 0 Å². The molecule has 2 atom stereocenters. The molecule has 2 unspecified atom stereocenters. The second kappa shape index (κ2) is 6.64. The lowest BCUT2D eigenvalue weighted by Gasteiger charge is -2.34. The number of hydrogen-bond donors (Lipinski definition) is 0. The zero-order valence-corrected chi connectivity index (χ0v) is 14.3. The minimum atomic E-state index is -3.24.